The summed E-state index contributed by atoms with van der Waals surface area (Å²) in [6.45, 7) is 2.64. The lowest BCUT2D eigenvalue weighted by Gasteiger charge is -2.13. The van der Waals surface area contributed by atoms with Crippen LogP contribution < -0.4 is 20.1 Å². The molecular weight excluding hydrogens is 292 g/mol. The molecule has 5 heteroatoms. The monoisotopic (exact) mass is 314 g/mol. The number of carbonyl (C=O) groups is 1. The van der Waals surface area contributed by atoms with Crippen LogP contribution in [0, 0.1) is 6.92 Å². The van der Waals surface area contributed by atoms with Gasteiger partial charge in [-0.2, -0.15) is 0 Å². The van der Waals surface area contributed by atoms with E-state index in [1.54, 1.807) is 26.4 Å². The van der Waals surface area contributed by atoms with Crippen molar-refractivity contribution in [1.29, 1.82) is 0 Å². The fraction of sp³-hybridized carbons (Fsp3) is 0.278. The van der Waals surface area contributed by atoms with Gasteiger partial charge in [-0.05, 0) is 43.8 Å². The molecule has 0 saturated heterocycles. The van der Waals surface area contributed by atoms with E-state index in [-0.39, 0.29) is 5.91 Å². The maximum atomic E-state index is 12.5. The van der Waals surface area contributed by atoms with Crippen LogP contribution in [0.5, 0.6) is 11.5 Å². The van der Waals surface area contributed by atoms with Gasteiger partial charge in [0.1, 0.15) is 11.5 Å². The third-order valence-corrected chi connectivity index (χ3v) is 3.58. The summed E-state index contributed by atoms with van der Waals surface area (Å²) in [7, 11) is 5.03. The normalized spacial score (nSPS) is 10.3. The molecule has 0 aromatic heterocycles. The Labute approximate surface area is 136 Å². The quantitative estimate of drug-likeness (QED) is 0.860. The van der Waals surface area contributed by atoms with Crippen LogP contribution in [0.4, 0.5) is 5.69 Å². The molecule has 0 fully saturated rings. The van der Waals surface area contributed by atoms with Crippen LogP contribution in [0.3, 0.4) is 0 Å². The number of carbonyl (C=O) groups excluding carboxylic acids is 1. The molecule has 0 atom stereocenters. The summed E-state index contributed by atoms with van der Waals surface area (Å²) in [5, 5.41) is 5.99. The highest BCUT2D eigenvalue weighted by molar-refractivity contribution is 6.05. The van der Waals surface area contributed by atoms with Crippen LogP contribution >= 0.6 is 0 Å². The second-order valence-electron chi connectivity index (χ2n) is 5.19. The minimum absolute atomic E-state index is 0.205. The van der Waals surface area contributed by atoms with Crippen molar-refractivity contribution in [3.8, 4) is 11.5 Å². The summed E-state index contributed by atoms with van der Waals surface area (Å²) in [5.41, 5.74) is 3.21. The van der Waals surface area contributed by atoms with E-state index in [0.29, 0.717) is 17.1 Å². The Hall–Kier alpha value is -2.53. The van der Waals surface area contributed by atoms with Gasteiger partial charge in [0.05, 0.1) is 14.2 Å². The number of hydrogen-bond acceptors (Lipinski definition) is 4. The summed E-state index contributed by atoms with van der Waals surface area (Å²) in [4.78, 5) is 12.5. The van der Waals surface area contributed by atoms with E-state index in [1.165, 1.54) is 0 Å². The largest absolute Gasteiger partial charge is 0.496 e. The molecule has 0 aliphatic rings. The van der Waals surface area contributed by atoms with E-state index < -0.39 is 0 Å². The highest BCUT2D eigenvalue weighted by Gasteiger charge is 2.14. The first kappa shape index (κ1) is 16.8. The molecule has 5 nitrogen and oxygen atoms in total. The van der Waals surface area contributed by atoms with Gasteiger partial charge >= 0.3 is 0 Å². The second-order valence-corrected chi connectivity index (χ2v) is 5.19. The lowest BCUT2D eigenvalue weighted by molar-refractivity contribution is 0.102. The Balaban J connectivity index is 2.25. The van der Waals surface area contributed by atoms with Gasteiger partial charge in [0.25, 0.3) is 5.91 Å². The lowest BCUT2D eigenvalue weighted by atomic mass is 10.1. The Morgan fingerprint density at radius 1 is 1.09 bits per heavy atom. The number of nitrogens with one attached hydrogen (secondary N) is 2. The second kappa shape index (κ2) is 7.65. The van der Waals surface area contributed by atoms with Gasteiger partial charge in [0, 0.05) is 23.4 Å². The zero-order chi connectivity index (χ0) is 16.8. The molecule has 2 N–H and O–H groups in total. The SMILES string of the molecule is CNCc1cccc(NC(=O)c2cc(OC)c(C)c(OC)c2)c1. The molecule has 2 aromatic carbocycles. The van der Waals surface area contributed by atoms with E-state index in [0.717, 1.165) is 23.4 Å². The van der Waals surface area contributed by atoms with Crippen LogP contribution in [-0.4, -0.2) is 27.2 Å². The Morgan fingerprint density at radius 2 is 1.74 bits per heavy atom. The summed E-state index contributed by atoms with van der Waals surface area (Å²) in [6, 6.07) is 11.1. The van der Waals surface area contributed by atoms with Gasteiger partial charge in [-0.1, -0.05) is 12.1 Å². The fourth-order valence-electron chi connectivity index (χ4n) is 2.38. The van der Waals surface area contributed by atoms with Crippen molar-refractivity contribution in [3.05, 3.63) is 53.1 Å². The number of amides is 1. The third-order valence-electron chi connectivity index (χ3n) is 3.58. The topological polar surface area (TPSA) is 59.6 Å². The van der Waals surface area contributed by atoms with Crippen molar-refractivity contribution in [1.82, 2.24) is 5.32 Å². The van der Waals surface area contributed by atoms with E-state index in [4.69, 9.17) is 9.47 Å². The average Bonchev–Trinajstić information content (AvgIpc) is 2.55. The van der Waals surface area contributed by atoms with Crippen molar-refractivity contribution in [2.24, 2.45) is 0 Å². The Morgan fingerprint density at radius 3 is 2.30 bits per heavy atom. The third kappa shape index (κ3) is 4.02. The van der Waals surface area contributed by atoms with Gasteiger partial charge in [-0.15, -0.1) is 0 Å². The van der Waals surface area contributed by atoms with E-state index in [9.17, 15) is 4.79 Å². The van der Waals surface area contributed by atoms with E-state index in [2.05, 4.69) is 10.6 Å². The molecule has 2 rings (SSSR count). The smallest absolute Gasteiger partial charge is 0.255 e. The van der Waals surface area contributed by atoms with Crippen molar-refractivity contribution < 1.29 is 14.3 Å². The maximum absolute atomic E-state index is 12.5. The van der Waals surface area contributed by atoms with E-state index >= 15 is 0 Å². The standard InChI is InChI=1S/C18H22N2O3/c1-12-16(22-3)9-14(10-17(12)23-4)18(21)20-15-7-5-6-13(8-15)11-19-2/h5-10,19H,11H2,1-4H3,(H,20,21). The van der Waals surface area contributed by atoms with Crippen molar-refractivity contribution in [2.75, 3.05) is 26.6 Å². The number of anilines is 1. The number of hydrogen-bond donors (Lipinski definition) is 2. The number of rotatable bonds is 6. The lowest BCUT2D eigenvalue weighted by Crippen LogP contribution is -2.13. The molecule has 0 aliphatic carbocycles. The molecule has 122 valence electrons. The van der Waals surface area contributed by atoms with Crippen LogP contribution in [0.25, 0.3) is 0 Å². The van der Waals surface area contributed by atoms with Crippen LogP contribution in [0.15, 0.2) is 36.4 Å². The summed E-state index contributed by atoms with van der Waals surface area (Å²) in [6.07, 6.45) is 0. The molecule has 0 unspecified atom stereocenters. The van der Waals surface area contributed by atoms with Crippen LogP contribution in [0.1, 0.15) is 21.5 Å². The summed E-state index contributed by atoms with van der Waals surface area (Å²) in [5.74, 6) is 1.04. The average molecular weight is 314 g/mol. The number of methoxy groups -OCH3 is 2. The Kier molecular flexibility index (Phi) is 5.60. The summed E-state index contributed by atoms with van der Waals surface area (Å²) >= 11 is 0. The zero-order valence-corrected chi connectivity index (χ0v) is 13.9. The fourth-order valence-corrected chi connectivity index (χ4v) is 2.38. The van der Waals surface area contributed by atoms with Crippen LogP contribution in [0.2, 0.25) is 0 Å². The Bertz CT molecular complexity index is 673. The number of ether oxygens (including phenoxy) is 2. The van der Waals surface area contributed by atoms with Crippen molar-refractivity contribution in [3.63, 3.8) is 0 Å². The number of benzene rings is 2. The molecule has 0 radical (unpaired) electrons. The van der Waals surface area contributed by atoms with E-state index in [1.807, 2.05) is 38.2 Å². The maximum Gasteiger partial charge on any atom is 0.255 e. The van der Waals surface area contributed by atoms with Gasteiger partial charge in [-0.3, -0.25) is 4.79 Å². The van der Waals surface area contributed by atoms with Gasteiger partial charge < -0.3 is 20.1 Å². The predicted molar refractivity (Wildman–Crippen MR) is 91.4 cm³/mol. The van der Waals surface area contributed by atoms with Gasteiger partial charge in [0.15, 0.2) is 0 Å². The molecule has 0 aliphatic heterocycles. The zero-order valence-electron chi connectivity index (χ0n) is 13.9. The summed E-state index contributed by atoms with van der Waals surface area (Å²) < 4.78 is 10.6. The highest BCUT2D eigenvalue weighted by atomic mass is 16.5. The molecule has 0 spiro atoms. The molecule has 0 heterocycles. The minimum Gasteiger partial charge on any atom is -0.496 e. The van der Waals surface area contributed by atoms with Crippen molar-refractivity contribution in [2.45, 2.75) is 13.5 Å². The first-order valence-electron chi connectivity index (χ1n) is 7.36. The predicted octanol–water partition coefficient (Wildman–Crippen LogP) is 2.98. The molecule has 0 bridgehead atoms. The van der Waals surface area contributed by atoms with Crippen molar-refractivity contribution >= 4 is 11.6 Å². The first-order valence-corrected chi connectivity index (χ1v) is 7.36. The minimum atomic E-state index is -0.205. The van der Waals surface area contributed by atoms with Gasteiger partial charge in [-0.25, -0.2) is 0 Å². The molecular formula is C18H22N2O3. The van der Waals surface area contributed by atoms with Gasteiger partial charge in [0.2, 0.25) is 0 Å². The highest BCUT2D eigenvalue weighted by Crippen LogP contribution is 2.29. The molecule has 23 heavy (non-hydrogen) atoms. The molecule has 1 amide bonds. The molecule has 0 saturated carbocycles. The molecule has 2 aromatic rings. The first-order chi connectivity index (χ1) is 11.1. The van der Waals surface area contributed by atoms with Crippen LogP contribution in [-0.2, 0) is 6.54 Å².